The smallest absolute Gasteiger partial charge is 0.395 e. The minimum atomic E-state index is -3.73. The molecule has 1 fully saturated rings. The maximum atomic E-state index is 13.4. The molecule has 0 radical (unpaired) electrons. The number of Topliss-reactive ketones (excluding diaryl/α,β-unsaturated/α-hetero) is 1. The number of hydrogen-bond donors (Lipinski definition) is 1. The van der Waals surface area contributed by atoms with Crippen LogP contribution in [0.2, 0.25) is 0 Å². The van der Waals surface area contributed by atoms with Crippen LogP contribution < -0.4 is 14.2 Å². The molecule has 1 aliphatic carbocycles. The third-order valence-electron chi connectivity index (χ3n) is 6.41. The van der Waals surface area contributed by atoms with Crippen molar-refractivity contribution in [3.8, 4) is 22.8 Å². The van der Waals surface area contributed by atoms with Gasteiger partial charge in [0.15, 0.2) is 11.5 Å². The lowest BCUT2D eigenvalue weighted by atomic mass is 9.88. The highest BCUT2D eigenvalue weighted by molar-refractivity contribution is 7.89. The number of aromatic nitrogens is 1. The van der Waals surface area contributed by atoms with E-state index in [4.69, 9.17) is 0 Å². The average Bonchev–Trinajstić information content (AvgIpc) is 3.56. The number of halogens is 2. The Labute approximate surface area is 211 Å². The predicted octanol–water partition coefficient (Wildman–Crippen LogP) is 3.91. The number of aryl methyl sites for hydroxylation is 1. The quantitative estimate of drug-likeness (QED) is 0.495. The van der Waals surface area contributed by atoms with Gasteiger partial charge in [0.2, 0.25) is 10.0 Å². The number of fused-ring (bicyclic) bond motifs is 1. The van der Waals surface area contributed by atoms with Crippen LogP contribution in [0.25, 0.3) is 11.3 Å². The Morgan fingerprint density at radius 2 is 1.76 bits per heavy atom. The van der Waals surface area contributed by atoms with Crippen LogP contribution in [-0.4, -0.2) is 37.6 Å². The van der Waals surface area contributed by atoms with Gasteiger partial charge < -0.3 is 9.47 Å². The van der Waals surface area contributed by atoms with E-state index in [9.17, 15) is 26.8 Å². The molecule has 1 saturated carbocycles. The lowest BCUT2D eigenvalue weighted by molar-refractivity contribution is -0.286. The molecule has 0 atom stereocenters. The highest BCUT2D eigenvalue weighted by Gasteiger charge is 2.52. The highest BCUT2D eigenvalue weighted by atomic mass is 32.2. The van der Waals surface area contributed by atoms with Gasteiger partial charge in [0, 0.05) is 23.2 Å². The van der Waals surface area contributed by atoms with Gasteiger partial charge in [-0.05, 0) is 61.2 Å². The average molecular weight is 529 g/mol. The number of ketones is 1. The van der Waals surface area contributed by atoms with Crippen molar-refractivity contribution in [3.05, 3.63) is 77.0 Å². The summed E-state index contributed by atoms with van der Waals surface area (Å²) in [5.74, 6) is -1.03. The Morgan fingerprint density at radius 3 is 2.46 bits per heavy atom. The Kier molecular flexibility index (Phi) is 5.78. The second kappa shape index (κ2) is 8.62. The molecule has 2 aromatic carbocycles. The molecular weight excluding hydrogens is 506 g/mol. The van der Waals surface area contributed by atoms with Crippen molar-refractivity contribution in [1.29, 1.82) is 0 Å². The molecule has 0 unspecified atom stereocenters. The number of nitrogens with zero attached hydrogens (tertiary/aromatic N) is 1. The molecule has 2 aliphatic rings. The van der Waals surface area contributed by atoms with Crippen LogP contribution in [0.5, 0.6) is 11.5 Å². The summed E-state index contributed by atoms with van der Waals surface area (Å²) in [5.41, 5.74) is 2.39. The lowest BCUT2D eigenvalue weighted by Gasteiger charge is -2.16. The van der Waals surface area contributed by atoms with E-state index in [0.717, 1.165) is 11.8 Å². The number of sulfonamides is 1. The van der Waals surface area contributed by atoms with Crippen LogP contribution in [0.4, 0.5) is 8.78 Å². The number of ether oxygens (including phenoxy) is 2. The van der Waals surface area contributed by atoms with Crippen molar-refractivity contribution in [2.75, 3.05) is 6.26 Å². The largest absolute Gasteiger partial charge is 0.586 e. The van der Waals surface area contributed by atoms with Crippen molar-refractivity contribution in [2.24, 2.45) is 0 Å². The first-order valence-corrected chi connectivity index (χ1v) is 13.3. The Balaban J connectivity index is 1.38. The van der Waals surface area contributed by atoms with Gasteiger partial charge in [-0.15, -0.1) is 8.78 Å². The number of rotatable bonds is 7. The van der Waals surface area contributed by atoms with E-state index in [1.54, 1.807) is 24.3 Å². The molecule has 0 saturated heterocycles. The number of benzene rings is 2. The van der Waals surface area contributed by atoms with E-state index >= 15 is 0 Å². The summed E-state index contributed by atoms with van der Waals surface area (Å²) in [6, 6.07) is 14.4. The van der Waals surface area contributed by atoms with Gasteiger partial charge in [-0.2, -0.15) is 0 Å². The predicted molar refractivity (Wildman–Crippen MR) is 129 cm³/mol. The van der Waals surface area contributed by atoms with Gasteiger partial charge in [0.1, 0.15) is 5.78 Å². The van der Waals surface area contributed by atoms with Crippen LogP contribution in [0.3, 0.4) is 0 Å². The number of carbonyl (C=O) groups excluding carboxylic acids is 2. The third-order valence-corrected chi connectivity index (χ3v) is 6.97. The molecule has 11 heteroatoms. The topological polar surface area (TPSA) is 112 Å². The molecule has 1 N–H and O–H groups in total. The fourth-order valence-corrected chi connectivity index (χ4v) is 4.88. The van der Waals surface area contributed by atoms with Gasteiger partial charge >= 0.3 is 6.29 Å². The fourth-order valence-electron chi connectivity index (χ4n) is 4.43. The summed E-state index contributed by atoms with van der Waals surface area (Å²) in [6.45, 7) is 1.84. The van der Waals surface area contributed by atoms with E-state index in [2.05, 4.69) is 14.5 Å². The first kappa shape index (κ1) is 24.8. The zero-order chi connectivity index (χ0) is 26.6. The fraction of sp³-hybridized carbons (Fsp3) is 0.269. The van der Waals surface area contributed by atoms with Gasteiger partial charge in [-0.25, -0.2) is 13.1 Å². The van der Waals surface area contributed by atoms with Crippen molar-refractivity contribution < 1.29 is 36.3 Å². The second-order valence-electron chi connectivity index (χ2n) is 9.26. The summed E-state index contributed by atoms with van der Waals surface area (Å²) in [4.78, 5) is 30.3. The minimum absolute atomic E-state index is 0.0200. The number of hydrogen-bond acceptors (Lipinski definition) is 7. The maximum Gasteiger partial charge on any atom is 0.586 e. The second-order valence-corrected chi connectivity index (χ2v) is 11.0. The highest BCUT2D eigenvalue weighted by Crippen LogP contribution is 2.52. The summed E-state index contributed by atoms with van der Waals surface area (Å²) in [7, 11) is -3.72. The first-order chi connectivity index (χ1) is 17.4. The first-order valence-electron chi connectivity index (χ1n) is 11.4. The third kappa shape index (κ3) is 5.04. The normalized spacial score (nSPS) is 16.8. The molecule has 2 heterocycles. The summed E-state index contributed by atoms with van der Waals surface area (Å²) in [6.07, 6.45) is -1.65. The summed E-state index contributed by atoms with van der Waals surface area (Å²) >= 11 is 0. The number of alkyl halides is 2. The van der Waals surface area contributed by atoms with Crippen LogP contribution in [0.1, 0.15) is 40.0 Å². The van der Waals surface area contributed by atoms with Crippen LogP contribution in [-0.2, 0) is 26.7 Å². The van der Waals surface area contributed by atoms with E-state index in [1.165, 1.54) is 24.3 Å². The number of pyridine rings is 1. The zero-order valence-electron chi connectivity index (χ0n) is 19.9. The molecule has 5 rings (SSSR count). The number of carbonyl (C=O) groups is 2. The molecule has 1 amide bonds. The summed E-state index contributed by atoms with van der Waals surface area (Å²) in [5, 5.41) is 0. The molecular formula is C26H22F2N2O6S. The van der Waals surface area contributed by atoms with Gasteiger partial charge in [0.05, 0.1) is 17.4 Å². The molecule has 37 heavy (non-hydrogen) atoms. The van der Waals surface area contributed by atoms with E-state index in [-0.39, 0.29) is 29.3 Å². The van der Waals surface area contributed by atoms with Crippen molar-refractivity contribution in [1.82, 2.24) is 9.71 Å². The van der Waals surface area contributed by atoms with Gasteiger partial charge in [0.25, 0.3) is 5.91 Å². The van der Waals surface area contributed by atoms with Crippen LogP contribution in [0.15, 0.2) is 54.6 Å². The maximum absolute atomic E-state index is 13.4. The lowest BCUT2D eigenvalue weighted by Crippen LogP contribution is -2.29. The number of nitrogens with one attached hydrogen (secondary N) is 1. The Morgan fingerprint density at radius 1 is 1.03 bits per heavy atom. The molecule has 8 nitrogen and oxygen atoms in total. The molecule has 0 bridgehead atoms. The summed E-state index contributed by atoms with van der Waals surface area (Å²) < 4.78 is 60.6. The molecule has 192 valence electrons. The van der Waals surface area contributed by atoms with Crippen LogP contribution >= 0.6 is 0 Å². The standard InChI is InChI=1S/C26H22F2N2O6S/c1-15-6-8-19(29-23(15)16-4-3-5-17(12-16)24(32)30-37(2,33)34)14-22(31)25(10-11-25)18-7-9-20-21(13-18)36-26(27,28)35-20/h3-9,12-13H,10-11,14H2,1-2H3,(H,30,32). The molecule has 1 aromatic heterocycles. The van der Waals surface area contributed by atoms with E-state index in [0.29, 0.717) is 35.4 Å². The van der Waals surface area contributed by atoms with Crippen molar-refractivity contribution in [2.45, 2.75) is 37.9 Å². The van der Waals surface area contributed by atoms with Gasteiger partial charge in [-0.3, -0.25) is 14.6 Å². The minimum Gasteiger partial charge on any atom is -0.395 e. The Hall–Kier alpha value is -3.86. The SMILES string of the molecule is Cc1ccc(CC(=O)C2(c3ccc4c(c3)OC(F)(F)O4)CC2)nc1-c1cccc(C(=O)NS(C)(=O)=O)c1. The monoisotopic (exact) mass is 528 g/mol. The van der Waals surface area contributed by atoms with E-state index in [1.807, 2.05) is 17.7 Å². The molecule has 1 aliphatic heterocycles. The molecule has 0 spiro atoms. The zero-order valence-corrected chi connectivity index (χ0v) is 20.7. The van der Waals surface area contributed by atoms with Crippen molar-refractivity contribution >= 4 is 21.7 Å². The van der Waals surface area contributed by atoms with Crippen molar-refractivity contribution in [3.63, 3.8) is 0 Å². The molecule has 3 aromatic rings. The van der Waals surface area contributed by atoms with E-state index < -0.39 is 27.6 Å². The Bertz CT molecular complexity index is 1550. The van der Waals surface area contributed by atoms with Crippen LogP contribution in [0, 0.1) is 6.92 Å². The van der Waals surface area contributed by atoms with Gasteiger partial charge in [-0.1, -0.05) is 24.3 Å². The number of amides is 1.